The monoisotopic (exact) mass is 377 g/mol. The summed E-state index contributed by atoms with van der Waals surface area (Å²) in [6.45, 7) is 2.38. The summed E-state index contributed by atoms with van der Waals surface area (Å²) >= 11 is 3.81. The second-order valence-electron chi connectivity index (χ2n) is 4.69. The molecule has 2 rings (SSSR count). The Morgan fingerprint density at radius 2 is 2.28 bits per heavy atom. The van der Waals surface area contributed by atoms with Gasteiger partial charge in [0.15, 0.2) is 0 Å². The van der Waals surface area contributed by atoms with E-state index in [1.807, 2.05) is 16.3 Å². The predicted octanol–water partition coefficient (Wildman–Crippen LogP) is 3.33. The van der Waals surface area contributed by atoms with Crippen molar-refractivity contribution < 1.29 is 9.59 Å². The molecule has 98 valence electrons. The topological polar surface area (TPSA) is 37.4 Å². The molecule has 0 N–H and O–H groups in total. The number of hydrogen-bond acceptors (Lipinski definition) is 3. The Morgan fingerprint density at radius 3 is 2.89 bits per heavy atom. The molecular formula is C13H16INO2S. The van der Waals surface area contributed by atoms with E-state index in [1.54, 1.807) is 18.3 Å². The molecular weight excluding hydrogens is 361 g/mol. The summed E-state index contributed by atoms with van der Waals surface area (Å²) < 4.78 is 1.12. The lowest BCUT2D eigenvalue weighted by molar-refractivity contribution is -0.118. The van der Waals surface area contributed by atoms with E-state index in [2.05, 4.69) is 22.6 Å². The summed E-state index contributed by atoms with van der Waals surface area (Å²) in [6.07, 6.45) is 3.60. The third-order valence-electron chi connectivity index (χ3n) is 3.23. The molecule has 5 heteroatoms. The molecule has 1 amide bonds. The SMILES string of the molecule is CC(=O)CC1CCCCN1C(=O)c1csc(I)c1. The van der Waals surface area contributed by atoms with E-state index in [0.29, 0.717) is 6.42 Å². The highest BCUT2D eigenvalue weighted by molar-refractivity contribution is 14.1. The molecule has 0 radical (unpaired) electrons. The fourth-order valence-corrected chi connectivity index (χ4v) is 3.72. The van der Waals surface area contributed by atoms with Crippen LogP contribution in [0.3, 0.4) is 0 Å². The van der Waals surface area contributed by atoms with Crippen LogP contribution in [0.15, 0.2) is 11.4 Å². The maximum absolute atomic E-state index is 12.4. The number of carbonyl (C=O) groups is 2. The normalized spacial score (nSPS) is 19.9. The molecule has 1 saturated heterocycles. The first kappa shape index (κ1) is 14.0. The van der Waals surface area contributed by atoms with Crippen LogP contribution in [0.4, 0.5) is 0 Å². The molecule has 1 aliphatic rings. The standard InChI is InChI=1S/C13H16INO2S/c1-9(16)6-11-4-2-3-5-15(11)13(17)10-7-12(14)18-8-10/h7-8,11H,2-6H2,1H3. The summed E-state index contributed by atoms with van der Waals surface area (Å²) in [6, 6.07) is 2.02. The lowest BCUT2D eigenvalue weighted by Crippen LogP contribution is -2.44. The smallest absolute Gasteiger partial charge is 0.254 e. The number of piperidine rings is 1. The Morgan fingerprint density at radius 1 is 1.50 bits per heavy atom. The minimum atomic E-state index is 0.0834. The molecule has 1 aliphatic heterocycles. The maximum Gasteiger partial charge on any atom is 0.254 e. The number of nitrogens with zero attached hydrogens (tertiary/aromatic N) is 1. The van der Waals surface area contributed by atoms with Crippen molar-refractivity contribution in [2.75, 3.05) is 6.54 Å². The van der Waals surface area contributed by atoms with E-state index in [0.717, 1.165) is 34.3 Å². The van der Waals surface area contributed by atoms with Crippen molar-refractivity contribution in [3.8, 4) is 0 Å². The minimum absolute atomic E-state index is 0.0834. The van der Waals surface area contributed by atoms with Crippen molar-refractivity contribution in [2.45, 2.75) is 38.6 Å². The second-order valence-corrected chi connectivity index (χ2v) is 7.50. The van der Waals surface area contributed by atoms with Gasteiger partial charge in [-0.3, -0.25) is 9.59 Å². The molecule has 1 unspecified atom stereocenters. The van der Waals surface area contributed by atoms with E-state index < -0.39 is 0 Å². The number of carbonyl (C=O) groups excluding carboxylic acids is 2. The van der Waals surface area contributed by atoms with Crippen LogP contribution >= 0.6 is 33.9 Å². The van der Waals surface area contributed by atoms with E-state index in [9.17, 15) is 9.59 Å². The summed E-state index contributed by atoms with van der Waals surface area (Å²) in [5, 5.41) is 1.91. The summed E-state index contributed by atoms with van der Waals surface area (Å²) in [4.78, 5) is 25.6. The van der Waals surface area contributed by atoms with E-state index in [1.165, 1.54) is 0 Å². The lowest BCUT2D eigenvalue weighted by Gasteiger charge is -2.35. The van der Waals surface area contributed by atoms with Crippen molar-refractivity contribution in [1.82, 2.24) is 4.90 Å². The first-order valence-corrected chi connectivity index (χ1v) is 8.08. The molecule has 0 spiro atoms. The van der Waals surface area contributed by atoms with Crippen molar-refractivity contribution in [3.05, 3.63) is 19.9 Å². The zero-order valence-electron chi connectivity index (χ0n) is 10.3. The van der Waals surface area contributed by atoms with Crippen LogP contribution in [0.2, 0.25) is 0 Å². The number of Topliss-reactive ketones (excluding diaryl/α,β-unsaturated/α-hetero) is 1. The Labute approximate surface area is 125 Å². The van der Waals surface area contributed by atoms with Crippen molar-refractivity contribution in [3.63, 3.8) is 0 Å². The zero-order valence-corrected chi connectivity index (χ0v) is 13.3. The zero-order chi connectivity index (χ0) is 13.1. The number of ketones is 1. The van der Waals surface area contributed by atoms with E-state index in [4.69, 9.17) is 0 Å². The van der Waals surface area contributed by atoms with E-state index in [-0.39, 0.29) is 17.7 Å². The van der Waals surface area contributed by atoms with Gasteiger partial charge in [-0.05, 0) is 54.8 Å². The Bertz CT molecular complexity index is 458. The Kier molecular flexibility index (Phi) is 4.77. The summed E-state index contributed by atoms with van der Waals surface area (Å²) in [7, 11) is 0. The van der Waals surface area contributed by atoms with Gasteiger partial charge >= 0.3 is 0 Å². The van der Waals surface area contributed by atoms with Crippen molar-refractivity contribution >= 4 is 45.6 Å². The molecule has 1 fully saturated rings. The highest BCUT2D eigenvalue weighted by Crippen LogP contribution is 2.24. The number of halogens is 1. The van der Waals surface area contributed by atoms with Gasteiger partial charge in [-0.25, -0.2) is 0 Å². The molecule has 1 aromatic rings. The van der Waals surface area contributed by atoms with Gasteiger partial charge in [-0.15, -0.1) is 11.3 Å². The van der Waals surface area contributed by atoms with Gasteiger partial charge in [-0.2, -0.15) is 0 Å². The molecule has 2 heterocycles. The molecule has 3 nitrogen and oxygen atoms in total. The highest BCUT2D eigenvalue weighted by Gasteiger charge is 2.28. The van der Waals surface area contributed by atoms with Crippen LogP contribution in [0, 0.1) is 2.88 Å². The van der Waals surface area contributed by atoms with Crippen LogP contribution in [-0.2, 0) is 4.79 Å². The van der Waals surface area contributed by atoms with Crippen LogP contribution in [0.5, 0.6) is 0 Å². The van der Waals surface area contributed by atoms with Gasteiger partial charge in [0, 0.05) is 24.4 Å². The van der Waals surface area contributed by atoms with E-state index >= 15 is 0 Å². The average molecular weight is 377 g/mol. The molecule has 0 aliphatic carbocycles. The molecule has 1 atom stereocenters. The Balaban J connectivity index is 2.13. The molecule has 18 heavy (non-hydrogen) atoms. The number of likely N-dealkylation sites (tertiary alicyclic amines) is 1. The van der Waals surface area contributed by atoms with Crippen molar-refractivity contribution in [2.24, 2.45) is 0 Å². The van der Waals surface area contributed by atoms with Crippen molar-refractivity contribution in [1.29, 1.82) is 0 Å². The fraction of sp³-hybridized carbons (Fsp3) is 0.538. The number of rotatable bonds is 3. The maximum atomic E-state index is 12.4. The van der Waals surface area contributed by atoms with Gasteiger partial charge < -0.3 is 4.90 Å². The minimum Gasteiger partial charge on any atom is -0.335 e. The van der Waals surface area contributed by atoms with Gasteiger partial charge in [-0.1, -0.05) is 0 Å². The second kappa shape index (κ2) is 6.14. The van der Waals surface area contributed by atoms with Gasteiger partial charge in [0.05, 0.1) is 8.45 Å². The third-order valence-corrected chi connectivity index (χ3v) is 5.01. The number of thiophene rings is 1. The first-order chi connectivity index (χ1) is 8.58. The Hall–Kier alpha value is -0.430. The van der Waals surface area contributed by atoms with Gasteiger partial charge in [0.2, 0.25) is 0 Å². The molecule has 0 bridgehead atoms. The summed E-state index contributed by atoms with van der Waals surface area (Å²) in [5.41, 5.74) is 0.764. The van der Waals surface area contributed by atoms with Crippen LogP contribution in [0.1, 0.15) is 43.0 Å². The fourth-order valence-electron chi connectivity index (χ4n) is 2.40. The van der Waals surface area contributed by atoms with Crippen LogP contribution in [0.25, 0.3) is 0 Å². The largest absolute Gasteiger partial charge is 0.335 e. The van der Waals surface area contributed by atoms with Gasteiger partial charge in [0.25, 0.3) is 5.91 Å². The number of hydrogen-bond donors (Lipinski definition) is 0. The summed E-state index contributed by atoms with van der Waals surface area (Å²) in [5.74, 6) is 0.250. The number of amides is 1. The first-order valence-electron chi connectivity index (χ1n) is 6.12. The predicted molar refractivity (Wildman–Crippen MR) is 81.0 cm³/mol. The van der Waals surface area contributed by atoms with Crippen LogP contribution < -0.4 is 0 Å². The molecule has 0 saturated carbocycles. The quantitative estimate of drug-likeness (QED) is 0.758. The lowest BCUT2D eigenvalue weighted by atomic mass is 9.97. The molecule has 1 aromatic heterocycles. The van der Waals surface area contributed by atoms with Gasteiger partial charge in [0.1, 0.15) is 5.78 Å². The average Bonchev–Trinajstić information content (AvgIpc) is 2.75. The van der Waals surface area contributed by atoms with Crippen LogP contribution in [-0.4, -0.2) is 29.2 Å². The third kappa shape index (κ3) is 3.32. The molecule has 0 aromatic carbocycles. The highest BCUT2D eigenvalue weighted by atomic mass is 127.